The van der Waals surface area contributed by atoms with Gasteiger partial charge in [-0.15, -0.1) is 0 Å². The Hall–Kier alpha value is -2.43. The van der Waals surface area contributed by atoms with Crippen molar-refractivity contribution in [2.75, 3.05) is 12.3 Å². The fourth-order valence-electron chi connectivity index (χ4n) is 1.78. The van der Waals surface area contributed by atoms with E-state index in [2.05, 4.69) is 10.3 Å². The Labute approximate surface area is 116 Å². The number of nitrogen functional groups attached to an aromatic ring is 1. The summed E-state index contributed by atoms with van der Waals surface area (Å²) >= 11 is 0. The van der Waals surface area contributed by atoms with E-state index >= 15 is 0 Å². The van der Waals surface area contributed by atoms with E-state index in [1.54, 1.807) is 13.1 Å². The van der Waals surface area contributed by atoms with Crippen LogP contribution in [0.5, 0.6) is 0 Å². The van der Waals surface area contributed by atoms with Crippen LogP contribution in [0, 0.1) is 12.7 Å². The molecular formula is C15H16FN3O. The van der Waals surface area contributed by atoms with Crippen molar-refractivity contribution in [3.05, 3.63) is 59.2 Å². The van der Waals surface area contributed by atoms with Crippen LogP contribution in [0.2, 0.25) is 0 Å². The van der Waals surface area contributed by atoms with Gasteiger partial charge in [-0.3, -0.25) is 9.78 Å². The van der Waals surface area contributed by atoms with Crippen LogP contribution in [0.15, 0.2) is 36.5 Å². The van der Waals surface area contributed by atoms with Crippen LogP contribution in [0.3, 0.4) is 0 Å². The van der Waals surface area contributed by atoms with Gasteiger partial charge in [0.2, 0.25) is 0 Å². The molecule has 0 radical (unpaired) electrons. The third-order valence-corrected chi connectivity index (χ3v) is 3.04. The number of hydrogen-bond donors (Lipinski definition) is 2. The largest absolute Gasteiger partial charge is 0.398 e. The highest BCUT2D eigenvalue weighted by molar-refractivity contribution is 5.95. The molecule has 2 aromatic rings. The molecule has 1 aromatic heterocycles. The van der Waals surface area contributed by atoms with Gasteiger partial charge in [-0.1, -0.05) is 6.07 Å². The molecule has 5 heteroatoms. The average molecular weight is 273 g/mol. The van der Waals surface area contributed by atoms with E-state index in [0.29, 0.717) is 18.5 Å². The maximum atomic E-state index is 13.5. The second-order valence-corrected chi connectivity index (χ2v) is 4.50. The molecule has 0 aliphatic carbocycles. The smallest absolute Gasteiger partial charge is 0.251 e. The summed E-state index contributed by atoms with van der Waals surface area (Å²) in [6.07, 6.45) is 2.32. The number of nitrogens with zero attached hydrogens (tertiary/aromatic N) is 1. The Morgan fingerprint density at radius 2 is 2.20 bits per heavy atom. The molecule has 1 heterocycles. The molecule has 0 bridgehead atoms. The number of nitrogens with two attached hydrogens (primary N) is 1. The van der Waals surface area contributed by atoms with Gasteiger partial charge in [-0.05, 0) is 31.2 Å². The van der Waals surface area contributed by atoms with Crippen molar-refractivity contribution in [3.63, 3.8) is 0 Å². The number of benzene rings is 1. The summed E-state index contributed by atoms with van der Waals surface area (Å²) in [7, 11) is 0. The van der Waals surface area contributed by atoms with Crippen molar-refractivity contribution in [2.24, 2.45) is 0 Å². The number of carbonyl (C=O) groups excluding carboxylic acids is 1. The monoisotopic (exact) mass is 273 g/mol. The fraction of sp³-hybridized carbons (Fsp3) is 0.200. The summed E-state index contributed by atoms with van der Waals surface area (Å²) in [4.78, 5) is 16.1. The minimum Gasteiger partial charge on any atom is -0.398 e. The summed E-state index contributed by atoms with van der Waals surface area (Å²) in [5.41, 5.74) is 7.40. The molecule has 0 aliphatic heterocycles. The third kappa shape index (κ3) is 3.32. The zero-order chi connectivity index (χ0) is 14.5. The lowest BCUT2D eigenvalue weighted by Gasteiger charge is -2.08. The lowest BCUT2D eigenvalue weighted by atomic mass is 10.1. The van der Waals surface area contributed by atoms with Crippen LogP contribution in [0.1, 0.15) is 21.6 Å². The first kappa shape index (κ1) is 14.0. The summed E-state index contributed by atoms with van der Waals surface area (Å²) in [6.45, 7) is 2.01. The van der Waals surface area contributed by atoms with E-state index < -0.39 is 5.82 Å². The van der Waals surface area contributed by atoms with Crippen LogP contribution in [-0.2, 0) is 6.42 Å². The van der Waals surface area contributed by atoms with Crippen molar-refractivity contribution in [1.29, 1.82) is 0 Å². The van der Waals surface area contributed by atoms with Gasteiger partial charge < -0.3 is 11.1 Å². The average Bonchev–Trinajstić information content (AvgIpc) is 2.45. The molecule has 3 N–H and O–H groups in total. The Balaban J connectivity index is 1.95. The van der Waals surface area contributed by atoms with Gasteiger partial charge in [-0.25, -0.2) is 4.39 Å². The summed E-state index contributed by atoms with van der Waals surface area (Å²) in [5, 5.41) is 2.72. The lowest BCUT2D eigenvalue weighted by Crippen LogP contribution is -2.26. The van der Waals surface area contributed by atoms with Gasteiger partial charge >= 0.3 is 0 Å². The predicted octanol–water partition coefficient (Wildman–Crippen LogP) is 2.08. The summed E-state index contributed by atoms with van der Waals surface area (Å²) in [5.74, 6) is -0.814. The van der Waals surface area contributed by atoms with Gasteiger partial charge in [0.1, 0.15) is 5.82 Å². The first-order valence-corrected chi connectivity index (χ1v) is 6.31. The minimum absolute atomic E-state index is 0.228. The zero-order valence-corrected chi connectivity index (χ0v) is 11.2. The van der Waals surface area contributed by atoms with E-state index in [4.69, 9.17) is 5.73 Å². The molecule has 0 aliphatic rings. The summed E-state index contributed by atoms with van der Waals surface area (Å²) < 4.78 is 13.5. The standard InChI is InChI=1S/C15H16FN3O/c1-10-13(16)8-11(9-14(10)17)15(20)19-7-5-12-4-2-3-6-18-12/h2-4,6,8-9H,5,7,17H2,1H3,(H,19,20). The number of nitrogens with one attached hydrogen (secondary N) is 1. The number of halogens is 1. The van der Waals surface area contributed by atoms with E-state index in [-0.39, 0.29) is 17.2 Å². The van der Waals surface area contributed by atoms with Gasteiger partial charge in [-0.2, -0.15) is 0 Å². The maximum Gasteiger partial charge on any atom is 0.251 e. The van der Waals surface area contributed by atoms with Gasteiger partial charge in [0.25, 0.3) is 5.91 Å². The van der Waals surface area contributed by atoms with Crippen molar-refractivity contribution in [2.45, 2.75) is 13.3 Å². The topological polar surface area (TPSA) is 68.0 Å². The molecular weight excluding hydrogens is 257 g/mol. The lowest BCUT2D eigenvalue weighted by molar-refractivity contribution is 0.0953. The maximum absolute atomic E-state index is 13.5. The number of carbonyl (C=O) groups is 1. The van der Waals surface area contributed by atoms with E-state index in [1.165, 1.54) is 12.1 Å². The highest BCUT2D eigenvalue weighted by Crippen LogP contribution is 2.17. The number of aromatic nitrogens is 1. The molecule has 104 valence electrons. The molecule has 2 rings (SSSR count). The quantitative estimate of drug-likeness (QED) is 0.838. The van der Waals surface area contributed by atoms with Crippen LogP contribution < -0.4 is 11.1 Å². The van der Waals surface area contributed by atoms with Crippen LogP contribution >= 0.6 is 0 Å². The molecule has 20 heavy (non-hydrogen) atoms. The molecule has 0 saturated heterocycles. The molecule has 0 spiro atoms. The van der Waals surface area contributed by atoms with Crippen molar-refractivity contribution >= 4 is 11.6 Å². The number of hydrogen-bond acceptors (Lipinski definition) is 3. The molecule has 0 saturated carbocycles. The highest BCUT2D eigenvalue weighted by Gasteiger charge is 2.10. The minimum atomic E-state index is -0.472. The van der Waals surface area contributed by atoms with Crippen molar-refractivity contribution < 1.29 is 9.18 Å². The number of anilines is 1. The first-order valence-electron chi connectivity index (χ1n) is 6.31. The van der Waals surface area contributed by atoms with Crippen LogP contribution in [0.4, 0.5) is 10.1 Å². The highest BCUT2D eigenvalue weighted by atomic mass is 19.1. The van der Waals surface area contributed by atoms with E-state index in [0.717, 1.165) is 5.69 Å². The Morgan fingerprint density at radius 1 is 1.40 bits per heavy atom. The second-order valence-electron chi connectivity index (χ2n) is 4.50. The molecule has 1 aromatic carbocycles. The Morgan fingerprint density at radius 3 is 2.85 bits per heavy atom. The second kappa shape index (κ2) is 6.14. The third-order valence-electron chi connectivity index (χ3n) is 3.04. The van der Waals surface area contributed by atoms with Gasteiger partial charge in [0.05, 0.1) is 0 Å². The normalized spacial score (nSPS) is 10.3. The van der Waals surface area contributed by atoms with E-state index in [9.17, 15) is 9.18 Å². The van der Waals surface area contributed by atoms with Crippen LogP contribution in [0.25, 0.3) is 0 Å². The van der Waals surface area contributed by atoms with Gasteiger partial charge in [0.15, 0.2) is 0 Å². The predicted molar refractivity (Wildman–Crippen MR) is 75.8 cm³/mol. The number of pyridine rings is 1. The first-order chi connectivity index (χ1) is 9.58. The van der Waals surface area contributed by atoms with Crippen molar-refractivity contribution in [1.82, 2.24) is 10.3 Å². The Bertz CT molecular complexity index is 591. The van der Waals surface area contributed by atoms with Gasteiger partial charge in [0, 0.05) is 41.7 Å². The molecule has 4 nitrogen and oxygen atoms in total. The number of rotatable bonds is 4. The molecule has 0 atom stereocenters. The zero-order valence-electron chi connectivity index (χ0n) is 11.2. The fourth-order valence-corrected chi connectivity index (χ4v) is 1.78. The molecule has 0 unspecified atom stereocenters. The number of amides is 1. The molecule has 1 amide bonds. The molecule has 0 fully saturated rings. The van der Waals surface area contributed by atoms with E-state index in [1.807, 2.05) is 18.2 Å². The van der Waals surface area contributed by atoms with Crippen LogP contribution in [-0.4, -0.2) is 17.4 Å². The Kier molecular flexibility index (Phi) is 4.30. The summed E-state index contributed by atoms with van der Waals surface area (Å²) in [6, 6.07) is 8.28. The SMILES string of the molecule is Cc1c(N)cc(C(=O)NCCc2ccccn2)cc1F. The van der Waals surface area contributed by atoms with Crippen molar-refractivity contribution in [3.8, 4) is 0 Å².